The lowest BCUT2D eigenvalue weighted by molar-refractivity contribution is 0.173. The molecule has 0 amide bonds. The Bertz CT molecular complexity index is 356. The summed E-state index contributed by atoms with van der Waals surface area (Å²) in [5.74, 6) is 0.894. The van der Waals surface area contributed by atoms with E-state index in [1.54, 1.807) is 0 Å². The Hall–Kier alpha value is -0.510. The molecule has 0 aromatic carbocycles. The molecule has 1 saturated carbocycles. The van der Waals surface area contributed by atoms with E-state index in [2.05, 4.69) is 34.9 Å². The number of hydrogen-bond donors (Lipinski definition) is 0. The Kier molecular flexibility index (Phi) is 4.13. The van der Waals surface area contributed by atoms with Gasteiger partial charge < -0.3 is 4.74 Å². The molecule has 4 heteroatoms. The third kappa shape index (κ3) is 3.03. The number of rotatable bonds is 5. The molecule has 17 heavy (non-hydrogen) atoms. The summed E-state index contributed by atoms with van der Waals surface area (Å²) in [5.41, 5.74) is 0.347. The predicted molar refractivity (Wildman–Crippen MR) is 72.8 cm³/mol. The van der Waals surface area contributed by atoms with Crippen molar-refractivity contribution in [2.75, 3.05) is 11.9 Å². The molecule has 0 saturated heterocycles. The Labute approximate surface area is 112 Å². The maximum atomic E-state index is 5.90. The Morgan fingerprint density at radius 3 is 2.71 bits per heavy atom. The molecule has 1 aliphatic carbocycles. The van der Waals surface area contributed by atoms with E-state index in [9.17, 15) is 0 Å². The van der Waals surface area contributed by atoms with Crippen LogP contribution < -0.4 is 4.74 Å². The molecule has 2 rings (SSSR count). The van der Waals surface area contributed by atoms with Crippen LogP contribution in [0.15, 0.2) is 12.4 Å². The first kappa shape index (κ1) is 12.9. The summed E-state index contributed by atoms with van der Waals surface area (Å²) in [4.78, 5) is 0. The van der Waals surface area contributed by atoms with Gasteiger partial charge in [-0.05, 0) is 26.7 Å². The molecule has 1 fully saturated rings. The van der Waals surface area contributed by atoms with Crippen LogP contribution in [0, 0.1) is 5.41 Å². The van der Waals surface area contributed by atoms with Crippen molar-refractivity contribution in [3.8, 4) is 5.75 Å². The Morgan fingerprint density at radius 1 is 1.47 bits per heavy atom. The van der Waals surface area contributed by atoms with Crippen LogP contribution in [0.1, 0.15) is 45.6 Å². The van der Waals surface area contributed by atoms with Gasteiger partial charge in [0.25, 0.3) is 0 Å². The van der Waals surface area contributed by atoms with Gasteiger partial charge in [0.1, 0.15) is 0 Å². The van der Waals surface area contributed by atoms with Crippen LogP contribution in [0.4, 0.5) is 0 Å². The fourth-order valence-electron chi connectivity index (χ4n) is 2.36. The third-order valence-corrected chi connectivity index (χ3v) is 4.79. The zero-order valence-electron chi connectivity index (χ0n) is 10.7. The van der Waals surface area contributed by atoms with Gasteiger partial charge >= 0.3 is 0 Å². The van der Waals surface area contributed by atoms with Gasteiger partial charge in [0.15, 0.2) is 5.75 Å². The molecular weight excluding hydrogens is 280 g/mol. The first-order chi connectivity index (χ1) is 8.15. The summed E-state index contributed by atoms with van der Waals surface area (Å²) < 4.78 is 7.84. The molecule has 3 nitrogen and oxygen atoms in total. The maximum Gasteiger partial charge on any atom is 0.157 e. The second-order valence-electron chi connectivity index (χ2n) is 5.38. The van der Waals surface area contributed by atoms with Gasteiger partial charge in [0.05, 0.1) is 19.0 Å². The van der Waals surface area contributed by atoms with Crippen molar-refractivity contribution in [1.29, 1.82) is 0 Å². The molecule has 1 aromatic rings. The minimum Gasteiger partial charge on any atom is -0.490 e. The fraction of sp³-hybridized carbons (Fsp3) is 0.769. The molecule has 1 aromatic heterocycles. The van der Waals surface area contributed by atoms with Crippen LogP contribution in [0.5, 0.6) is 5.75 Å². The normalized spacial score (nSPS) is 18.8. The number of ether oxygens (including phenoxy) is 1. The minimum atomic E-state index is 0.347. The highest BCUT2D eigenvalue weighted by Gasteiger charge is 2.33. The second-order valence-corrected chi connectivity index (χ2v) is 5.94. The second kappa shape index (κ2) is 5.42. The minimum absolute atomic E-state index is 0.347. The van der Waals surface area contributed by atoms with Crippen molar-refractivity contribution in [1.82, 2.24) is 9.78 Å². The van der Waals surface area contributed by atoms with Crippen molar-refractivity contribution in [2.45, 2.75) is 45.6 Å². The monoisotopic (exact) mass is 300 g/mol. The summed E-state index contributed by atoms with van der Waals surface area (Å²) in [6.07, 6.45) is 9.02. The van der Waals surface area contributed by atoms with Crippen molar-refractivity contribution in [3.05, 3.63) is 12.4 Å². The quantitative estimate of drug-likeness (QED) is 0.774. The van der Waals surface area contributed by atoms with Gasteiger partial charge in [-0.15, -0.1) is 0 Å². The standard InChI is InChI=1S/C13H21BrN2O/c1-11(2)16-8-12(7-15-16)17-10-13(9-14)5-3-4-6-13/h7-8,11H,3-6,9-10H2,1-2H3. The highest BCUT2D eigenvalue weighted by atomic mass is 79.9. The third-order valence-electron chi connectivity index (χ3n) is 3.60. The van der Waals surface area contributed by atoms with Crippen LogP contribution in [0.3, 0.4) is 0 Å². The van der Waals surface area contributed by atoms with Gasteiger partial charge in [0, 0.05) is 16.8 Å². The number of alkyl halides is 1. The molecule has 1 heterocycles. The highest BCUT2D eigenvalue weighted by Crippen LogP contribution is 2.39. The van der Waals surface area contributed by atoms with E-state index in [0.29, 0.717) is 11.5 Å². The SMILES string of the molecule is CC(C)n1cc(OCC2(CBr)CCCC2)cn1. The predicted octanol–water partition coefficient (Wildman–Crippen LogP) is 3.80. The van der Waals surface area contributed by atoms with Crippen molar-refractivity contribution in [3.63, 3.8) is 0 Å². The van der Waals surface area contributed by atoms with Crippen molar-refractivity contribution < 1.29 is 4.74 Å². The van der Waals surface area contributed by atoms with Crippen LogP contribution in [0.2, 0.25) is 0 Å². The number of aromatic nitrogens is 2. The van der Waals surface area contributed by atoms with E-state index in [1.807, 2.05) is 17.1 Å². The van der Waals surface area contributed by atoms with E-state index >= 15 is 0 Å². The van der Waals surface area contributed by atoms with Gasteiger partial charge in [-0.25, -0.2) is 0 Å². The topological polar surface area (TPSA) is 27.1 Å². The van der Waals surface area contributed by atoms with E-state index in [0.717, 1.165) is 17.7 Å². The smallest absolute Gasteiger partial charge is 0.157 e. The molecule has 0 unspecified atom stereocenters. The Morgan fingerprint density at radius 2 is 2.18 bits per heavy atom. The van der Waals surface area contributed by atoms with Gasteiger partial charge in [-0.3, -0.25) is 4.68 Å². The summed E-state index contributed by atoms with van der Waals surface area (Å²) >= 11 is 3.63. The molecule has 96 valence electrons. The van der Waals surface area contributed by atoms with E-state index in [-0.39, 0.29) is 0 Å². The average molecular weight is 301 g/mol. The van der Waals surface area contributed by atoms with Crippen LogP contribution in [-0.2, 0) is 0 Å². The Balaban J connectivity index is 1.92. The van der Waals surface area contributed by atoms with Crippen molar-refractivity contribution >= 4 is 15.9 Å². The summed E-state index contributed by atoms with van der Waals surface area (Å²) in [5, 5.41) is 5.33. The number of nitrogens with zero attached hydrogens (tertiary/aromatic N) is 2. The van der Waals surface area contributed by atoms with E-state index < -0.39 is 0 Å². The molecule has 0 N–H and O–H groups in total. The lowest BCUT2D eigenvalue weighted by atomic mass is 9.90. The molecule has 0 atom stereocenters. The van der Waals surface area contributed by atoms with Crippen LogP contribution in [-0.4, -0.2) is 21.7 Å². The average Bonchev–Trinajstić information content (AvgIpc) is 2.96. The lowest BCUT2D eigenvalue weighted by Crippen LogP contribution is -2.26. The van der Waals surface area contributed by atoms with Gasteiger partial charge in [-0.2, -0.15) is 5.10 Å². The molecule has 1 aliphatic rings. The summed E-state index contributed by atoms with van der Waals surface area (Å²) in [6, 6.07) is 0.393. The highest BCUT2D eigenvalue weighted by molar-refractivity contribution is 9.09. The first-order valence-electron chi connectivity index (χ1n) is 6.38. The lowest BCUT2D eigenvalue weighted by Gasteiger charge is -2.25. The maximum absolute atomic E-state index is 5.90. The van der Waals surface area contributed by atoms with E-state index in [4.69, 9.17) is 4.74 Å². The van der Waals surface area contributed by atoms with Gasteiger partial charge in [-0.1, -0.05) is 28.8 Å². The van der Waals surface area contributed by atoms with Crippen LogP contribution in [0.25, 0.3) is 0 Å². The van der Waals surface area contributed by atoms with E-state index in [1.165, 1.54) is 25.7 Å². The number of halogens is 1. The number of hydrogen-bond acceptors (Lipinski definition) is 2. The van der Waals surface area contributed by atoms with Gasteiger partial charge in [0.2, 0.25) is 0 Å². The summed E-state index contributed by atoms with van der Waals surface area (Å²) in [7, 11) is 0. The largest absolute Gasteiger partial charge is 0.490 e. The molecule has 0 aliphatic heterocycles. The zero-order chi connectivity index (χ0) is 12.3. The molecule has 0 spiro atoms. The molecular formula is C13H21BrN2O. The fourth-order valence-corrected chi connectivity index (χ4v) is 3.08. The molecule has 0 radical (unpaired) electrons. The molecule has 0 bridgehead atoms. The zero-order valence-corrected chi connectivity index (χ0v) is 12.2. The van der Waals surface area contributed by atoms with Crippen molar-refractivity contribution in [2.24, 2.45) is 5.41 Å². The summed E-state index contributed by atoms with van der Waals surface area (Å²) in [6.45, 7) is 5.05. The van der Waals surface area contributed by atoms with Crippen LogP contribution >= 0.6 is 15.9 Å². The first-order valence-corrected chi connectivity index (χ1v) is 7.50.